The molecule has 0 bridgehead atoms. The normalized spacial score (nSPS) is 13.8. The van der Waals surface area contributed by atoms with E-state index in [4.69, 9.17) is 0 Å². The Morgan fingerprint density at radius 3 is 1.07 bits per heavy atom. The second-order valence-electron chi connectivity index (χ2n) is 17.4. The highest BCUT2D eigenvalue weighted by molar-refractivity contribution is 5.80. The molecule has 0 aromatic rings. The summed E-state index contributed by atoms with van der Waals surface area (Å²) in [6.45, 7) is 4.15. The van der Waals surface area contributed by atoms with E-state index in [0.29, 0.717) is 6.42 Å². The number of carbonyl (C=O) groups is 1. The quantitative estimate of drug-likeness (QED) is 0.0364. The summed E-state index contributed by atoms with van der Waals surface area (Å²) < 4.78 is 0. The van der Waals surface area contributed by atoms with Crippen LogP contribution in [0, 0.1) is 0 Å². The third-order valence-corrected chi connectivity index (χ3v) is 11.6. The van der Waals surface area contributed by atoms with Crippen LogP contribution in [0.15, 0.2) is 48.6 Å². The average Bonchev–Trinajstić information content (AvgIpc) is 3.23. The summed E-state index contributed by atoms with van der Waals surface area (Å²) in [7, 11) is 0. The summed E-state index contributed by atoms with van der Waals surface area (Å²) in [5, 5.41) is 33.2. The third kappa shape index (κ3) is 42.4. The van der Waals surface area contributed by atoms with Crippen molar-refractivity contribution in [3.05, 3.63) is 48.6 Å². The zero-order valence-electron chi connectivity index (χ0n) is 38.7. The first-order chi connectivity index (χ1) is 28.6. The van der Waals surface area contributed by atoms with E-state index in [-0.39, 0.29) is 6.61 Å². The van der Waals surface area contributed by atoms with E-state index in [9.17, 15) is 20.1 Å². The molecule has 0 radical (unpaired) electrons. The van der Waals surface area contributed by atoms with Gasteiger partial charge in [0.1, 0.15) is 6.10 Å². The highest BCUT2D eigenvalue weighted by Gasteiger charge is 2.22. The molecule has 5 heteroatoms. The molecule has 0 heterocycles. The van der Waals surface area contributed by atoms with Gasteiger partial charge in [-0.3, -0.25) is 4.79 Å². The Morgan fingerprint density at radius 2 is 0.707 bits per heavy atom. The van der Waals surface area contributed by atoms with Crippen LogP contribution in [0.3, 0.4) is 0 Å². The van der Waals surface area contributed by atoms with Crippen LogP contribution in [-0.4, -0.2) is 46.1 Å². The summed E-state index contributed by atoms with van der Waals surface area (Å²) in [5.41, 5.74) is 0. The number of carbonyl (C=O) groups excluding carboxylic acids is 1. The molecule has 0 saturated heterocycles. The molecule has 5 nitrogen and oxygen atoms in total. The van der Waals surface area contributed by atoms with Gasteiger partial charge in [-0.15, -0.1) is 0 Å². The minimum Gasteiger partial charge on any atom is -0.394 e. The van der Waals surface area contributed by atoms with Crippen LogP contribution in [0.5, 0.6) is 0 Å². The topological polar surface area (TPSA) is 89.8 Å². The first-order valence-electron chi connectivity index (χ1n) is 25.5. The lowest BCUT2D eigenvalue weighted by Crippen LogP contribution is -2.48. The lowest BCUT2D eigenvalue weighted by molar-refractivity contribution is -0.131. The monoisotopic (exact) mass is 814 g/mol. The van der Waals surface area contributed by atoms with E-state index >= 15 is 0 Å². The minimum absolute atomic E-state index is 0.381. The molecular weight excluding hydrogens is 715 g/mol. The SMILES string of the molecule is CCCCCC/C=C/CC/C=C/CC/C=C/C(O)C(CO)NC(=O)C(O)CCCCCCCCCCCCCCCC/C=C\CCCCCCCCCCCCCC. The van der Waals surface area contributed by atoms with Crippen LogP contribution >= 0.6 is 0 Å². The number of aliphatic hydroxyl groups excluding tert-OH is 3. The first-order valence-corrected chi connectivity index (χ1v) is 25.5. The lowest BCUT2D eigenvalue weighted by Gasteiger charge is -2.21. The summed E-state index contributed by atoms with van der Waals surface area (Å²) >= 11 is 0. The van der Waals surface area contributed by atoms with Crippen LogP contribution < -0.4 is 5.32 Å². The molecule has 3 atom stereocenters. The highest BCUT2D eigenvalue weighted by Crippen LogP contribution is 2.16. The Balaban J connectivity index is 3.58. The van der Waals surface area contributed by atoms with E-state index < -0.39 is 24.2 Å². The van der Waals surface area contributed by atoms with Crippen molar-refractivity contribution in [1.29, 1.82) is 0 Å². The van der Waals surface area contributed by atoms with Gasteiger partial charge in [-0.05, 0) is 70.6 Å². The molecule has 0 aliphatic heterocycles. The van der Waals surface area contributed by atoms with Crippen molar-refractivity contribution in [3.8, 4) is 0 Å². The van der Waals surface area contributed by atoms with Gasteiger partial charge in [0.15, 0.2) is 0 Å². The van der Waals surface area contributed by atoms with Crippen molar-refractivity contribution in [1.82, 2.24) is 5.32 Å². The van der Waals surface area contributed by atoms with Crippen LogP contribution in [0.2, 0.25) is 0 Å². The number of hydrogen-bond donors (Lipinski definition) is 4. The summed E-state index contributed by atoms with van der Waals surface area (Å²) in [6.07, 6.45) is 63.2. The largest absolute Gasteiger partial charge is 0.394 e. The fourth-order valence-corrected chi connectivity index (χ4v) is 7.62. The minimum atomic E-state index is -1.11. The third-order valence-electron chi connectivity index (χ3n) is 11.6. The van der Waals surface area contributed by atoms with Crippen LogP contribution in [-0.2, 0) is 4.79 Å². The zero-order valence-corrected chi connectivity index (χ0v) is 38.7. The Hall–Kier alpha value is -1.69. The lowest BCUT2D eigenvalue weighted by atomic mass is 10.0. The van der Waals surface area contributed by atoms with Gasteiger partial charge >= 0.3 is 0 Å². The fourth-order valence-electron chi connectivity index (χ4n) is 7.62. The molecular formula is C53H99NO4. The van der Waals surface area contributed by atoms with Gasteiger partial charge in [0.25, 0.3) is 0 Å². The van der Waals surface area contributed by atoms with Crippen LogP contribution in [0.4, 0.5) is 0 Å². The summed E-state index contributed by atoms with van der Waals surface area (Å²) in [6, 6.07) is -0.821. The maximum atomic E-state index is 12.5. The van der Waals surface area contributed by atoms with Crippen molar-refractivity contribution in [2.45, 2.75) is 276 Å². The van der Waals surface area contributed by atoms with Crippen molar-refractivity contribution < 1.29 is 20.1 Å². The molecule has 0 rings (SSSR count). The Morgan fingerprint density at radius 1 is 0.414 bits per heavy atom. The first kappa shape index (κ1) is 56.3. The van der Waals surface area contributed by atoms with Gasteiger partial charge in [0.2, 0.25) is 5.91 Å². The van der Waals surface area contributed by atoms with Gasteiger partial charge in [-0.1, -0.05) is 236 Å². The number of hydrogen-bond acceptors (Lipinski definition) is 4. The zero-order chi connectivity index (χ0) is 42.3. The fraction of sp³-hybridized carbons (Fsp3) is 0.830. The number of rotatable bonds is 46. The average molecular weight is 814 g/mol. The Kier molecular flexibility index (Phi) is 46.6. The summed E-state index contributed by atoms with van der Waals surface area (Å²) in [4.78, 5) is 12.5. The number of aliphatic hydroxyl groups is 3. The highest BCUT2D eigenvalue weighted by atomic mass is 16.3. The van der Waals surface area contributed by atoms with E-state index in [2.05, 4.69) is 55.6 Å². The number of amides is 1. The predicted molar refractivity (Wildman–Crippen MR) is 254 cm³/mol. The molecule has 0 fully saturated rings. The Labute approximate surface area is 361 Å². The van der Waals surface area contributed by atoms with Crippen molar-refractivity contribution in [3.63, 3.8) is 0 Å². The van der Waals surface area contributed by atoms with Gasteiger partial charge in [-0.2, -0.15) is 0 Å². The van der Waals surface area contributed by atoms with Crippen molar-refractivity contribution in [2.75, 3.05) is 6.61 Å². The molecule has 0 spiro atoms. The van der Waals surface area contributed by atoms with Crippen molar-refractivity contribution in [2.24, 2.45) is 0 Å². The predicted octanol–water partition coefficient (Wildman–Crippen LogP) is 15.3. The van der Waals surface area contributed by atoms with Gasteiger partial charge < -0.3 is 20.6 Å². The molecule has 0 aromatic heterocycles. The van der Waals surface area contributed by atoms with Gasteiger partial charge in [-0.25, -0.2) is 0 Å². The van der Waals surface area contributed by atoms with E-state index in [1.54, 1.807) is 6.08 Å². The smallest absolute Gasteiger partial charge is 0.249 e. The second-order valence-corrected chi connectivity index (χ2v) is 17.4. The number of nitrogens with one attached hydrogen (secondary N) is 1. The molecule has 0 aromatic carbocycles. The van der Waals surface area contributed by atoms with E-state index in [1.165, 1.54) is 193 Å². The van der Waals surface area contributed by atoms with Gasteiger partial charge in [0.05, 0.1) is 18.8 Å². The second kappa shape index (κ2) is 48.0. The maximum Gasteiger partial charge on any atom is 0.249 e. The molecule has 0 aliphatic carbocycles. The Bertz CT molecular complexity index is 943. The van der Waals surface area contributed by atoms with E-state index in [0.717, 1.165) is 44.9 Å². The molecule has 1 amide bonds. The molecule has 58 heavy (non-hydrogen) atoms. The van der Waals surface area contributed by atoms with Crippen LogP contribution in [0.25, 0.3) is 0 Å². The van der Waals surface area contributed by atoms with Crippen molar-refractivity contribution >= 4 is 5.91 Å². The molecule has 0 saturated carbocycles. The molecule has 340 valence electrons. The summed E-state index contributed by atoms with van der Waals surface area (Å²) in [5.74, 6) is -0.517. The number of allylic oxidation sites excluding steroid dienone is 7. The molecule has 0 aliphatic rings. The number of unbranched alkanes of at least 4 members (excludes halogenated alkanes) is 32. The molecule has 4 N–H and O–H groups in total. The van der Waals surface area contributed by atoms with E-state index in [1.807, 2.05) is 6.08 Å². The van der Waals surface area contributed by atoms with Crippen LogP contribution in [0.1, 0.15) is 258 Å². The maximum absolute atomic E-state index is 12.5. The standard InChI is InChI=1S/C53H99NO4/c1-3-5-7-9-11-13-15-17-19-20-21-22-23-24-25-26-27-28-29-30-31-32-33-34-36-38-40-42-44-46-48-52(57)53(58)54-50(49-55)51(56)47-45-43-41-39-37-35-18-16-14-12-10-8-6-4-2/h14,16,24-25,37,39,45,47,50-52,55-57H,3-13,15,17-23,26-36,38,40-44,46,48-49H2,1-2H3,(H,54,58)/b16-14+,25-24-,39-37+,47-45+. The van der Waals surface area contributed by atoms with Gasteiger partial charge in [0, 0.05) is 0 Å². The molecule has 3 unspecified atom stereocenters.